The minimum atomic E-state index is -0.249. The Morgan fingerprint density at radius 2 is 1.95 bits per heavy atom. The first kappa shape index (κ1) is 13.2. The molecule has 0 saturated heterocycles. The molecule has 0 atom stereocenters. The monoisotopic (exact) mass is 281 g/mol. The Balaban J connectivity index is 2.11. The Bertz CT molecular complexity index is 856. The van der Waals surface area contributed by atoms with Crippen LogP contribution in [-0.2, 0) is 6.54 Å². The predicted molar refractivity (Wildman–Crippen MR) is 82.6 cm³/mol. The second-order valence-corrected chi connectivity index (χ2v) is 4.62. The van der Waals surface area contributed by atoms with Gasteiger partial charge in [0, 0.05) is 35.4 Å². The summed E-state index contributed by atoms with van der Waals surface area (Å²) < 4.78 is 7.26. The number of hydrogen-bond donors (Lipinski definition) is 1. The Morgan fingerprint density at radius 1 is 1.19 bits per heavy atom. The van der Waals surface area contributed by atoms with Gasteiger partial charge in [0.2, 0.25) is 0 Å². The van der Waals surface area contributed by atoms with Gasteiger partial charge in [-0.05, 0) is 19.1 Å². The van der Waals surface area contributed by atoms with Crippen molar-refractivity contribution < 1.29 is 4.74 Å². The number of nitrogens with two attached hydrogens (primary N) is 1. The molecule has 5 heteroatoms. The first-order chi connectivity index (χ1) is 10.2. The number of aryl methyl sites for hydroxylation is 1. The SMILES string of the molecule is CCn1ccnc(Oc2ccc(N)c3ccccc23)c1=O. The normalized spacial score (nSPS) is 10.7. The number of hydrogen-bond acceptors (Lipinski definition) is 4. The summed E-state index contributed by atoms with van der Waals surface area (Å²) in [6, 6.07) is 11.1. The first-order valence-corrected chi connectivity index (χ1v) is 6.71. The van der Waals surface area contributed by atoms with E-state index in [2.05, 4.69) is 4.98 Å². The van der Waals surface area contributed by atoms with Gasteiger partial charge in [0.15, 0.2) is 0 Å². The van der Waals surface area contributed by atoms with Crippen LogP contribution in [0.2, 0.25) is 0 Å². The van der Waals surface area contributed by atoms with Crippen molar-refractivity contribution in [3.8, 4) is 11.6 Å². The zero-order chi connectivity index (χ0) is 14.8. The fourth-order valence-corrected chi connectivity index (χ4v) is 2.23. The van der Waals surface area contributed by atoms with E-state index in [1.54, 1.807) is 29.1 Å². The number of rotatable bonds is 3. The molecule has 5 nitrogen and oxygen atoms in total. The summed E-state index contributed by atoms with van der Waals surface area (Å²) in [5, 5.41) is 1.74. The summed E-state index contributed by atoms with van der Waals surface area (Å²) in [4.78, 5) is 16.2. The van der Waals surface area contributed by atoms with Crippen molar-refractivity contribution in [1.82, 2.24) is 9.55 Å². The molecule has 0 radical (unpaired) electrons. The van der Waals surface area contributed by atoms with Crippen molar-refractivity contribution in [3.05, 3.63) is 59.1 Å². The molecule has 2 aromatic carbocycles. The van der Waals surface area contributed by atoms with Gasteiger partial charge in [-0.3, -0.25) is 4.79 Å². The van der Waals surface area contributed by atoms with Crippen LogP contribution < -0.4 is 16.0 Å². The Labute approximate surface area is 121 Å². The maximum Gasteiger partial charge on any atom is 0.313 e. The minimum Gasteiger partial charge on any atom is -0.434 e. The van der Waals surface area contributed by atoms with Crippen LogP contribution >= 0.6 is 0 Å². The van der Waals surface area contributed by atoms with Crippen LogP contribution in [0.1, 0.15) is 6.92 Å². The zero-order valence-electron chi connectivity index (χ0n) is 11.6. The van der Waals surface area contributed by atoms with Crippen LogP contribution in [0.5, 0.6) is 11.6 Å². The van der Waals surface area contributed by atoms with Crippen LogP contribution in [0.15, 0.2) is 53.6 Å². The van der Waals surface area contributed by atoms with Crippen LogP contribution in [0.25, 0.3) is 10.8 Å². The third-order valence-electron chi connectivity index (χ3n) is 3.35. The summed E-state index contributed by atoms with van der Waals surface area (Å²) in [5.41, 5.74) is 6.38. The lowest BCUT2D eigenvalue weighted by atomic mass is 10.1. The molecule has 106 valence electrons. The summed E-state index contributed by atoms with van der Waals surface area (Å²) in [5.74, 6) is 0.632. The molecule has 0 bridgehead atoms. The van der Waals surface area contributed by atoms with Gasteiger partial charge in [0.25, 0.3) is 5.88 Å². The lowest BCUT2D eigenvalue weighted by Gasteiger charge is -2.10. The van der Waals surface area contributed by atoms with Crippen molar-refractivity contribution in [2.24, 2.45) is 0 Å². The fourth-order valence-electron chi connectivity index (χ4n) is 2.23. The molecule has 0 spiro atoms. The highest BCUT2D eigenvalue weighted by Crippen LogP contribution is 2.31. The van der Waals surface area contributed by atoms with Gasteiger partial charge in [-0.15, -0.1) is 0 Å². The third kappa shape index (κ3) is 2.33. The van der Waals surface area contributed by atoms with Gasteiger partial charge in [-0.2, -0.15) is 0 Å². The number of anilines is 1. The van der Waals surface area contributed by atoms with E-state index in [1.807, 2.05) is 31.2 Å². The smallest absolute Gasteiger partial charge is 0.313 e. The maximum atomic E-state index is 12.2. The van der Waals surface area contributed by atoms with E-state index in [9.17, 15) is 4.79 Å². The molecular formula is C16H15N3O2. The number of nitrogen functional groups attached to an aromatic ring is 1. The van der Waals surface area contributed by atoms with Crippen molar-refractivity contribution in [2.45, 2.75) is 13.5 Å². The number of ether oxygens (including phenoxy) is 1. The Hall–Kier alpha value is -2.82. The Kier molecular flexibility index (Phi) is 3.31. The van der Waals surface area contributed by atoms with Gasteiger partial charge in [0.1, 0.15) is 5.75 Å². The highest BCUT2D eigenvalue weighted by molar-refractivity contribution is 5.97. The number of fused-ring (bicyclic) bond motifs is 1. The Morgan fingerprint density at radius 3 is 2.71 bits per heavy atom. The molecule has 1 heterocycles. The predicted octanol–water partition coefficient (Wildman–Crippen LogP) is 2.79. The van der Waals surface area contributed by atoms with Crippen LogP contribution in [0.3, 0.4) is 0 Å². The highest BCUT2D eigenvalue weighted by atomic mass is 16.5. The van der Waals surface area contributed by atoms with E-state index in [0.717, 1.165) is 10.8 Å². The molecule has 0 saturated carbocycles. The molecule has 0 unspecified atom stereocenters. The van der Waals surface area contributed by atoms with Crippen molar-refractivity contribution >= 4 is 16.5 Å². The molecule has 1 aromatic heterocycles. The van der Waals surface area contributed by atoms with Gasteiger partial charge in [-0.1, -0.05) is 24.3 Å². The molecule has 0 aliphatic rings. The lowest BCUT2D eigenvalue weighted by molar-refractivity contribution is 0.450. The second kappa shape index (κ2) is 5.28. The van der Waals surface area contributed by atoms with Gasteiger partial charge in [0.05, 0.1) is 0 Å². The average Bonchev–Trinajstić information content (AvgIpc) is 2.52. The lowest BCUT2D eigenvalue weighted by Crippen LogP contribution is -2.20. The quantitative estimate of drug-likeness (QED) is 0.749. The summed E-state index contributed by atoms with van der Waals surface area (Å²) in [6.45, 7) is 2.46. The maximum absolute atomic E-state index is 12.2. The first-order valence-electron chi connectivity index (χ1n) is 6.71. The molecule has 2 N–H and O–H groups in total. The van der Waals surface area contributed by atoms with E-state index >= 15 is 0 Å². The third-order valence-corrected chi connectivity index (χ3v) is 3.35. The summed E-state index contributed by atoms with van der Waals surface area (Å²) in [7, 11) is 0. The molecule has 3 rings (SSSR count). The van der Waals surface area contributed by atoms with E-state index < -0.39 is 0 Å². The average molecular weight is 281 g/mol. The molecule has 0 fully saturated rings. The van der Waals surface area contributed by atoms with Gasteiger partial charge < -0.3 is 15.0 Å². The van der Waals surface area contributed by atoms with E-state index in [-0.39, 0.29) is 11.4 Å². The highest BCUT2D eigenvalue weighted by Gasteiger charge is 2.10. The number of nitrogens with zero attached hydrogens (tertiary/aromatic N) is 2. The summed E-state index contributed by atoms with van der Waals surface area (Å²) >= 11 is 0. The van der Waals surface area contributed by atoms with E-state index in [4.69, 9.17) is 10.5 Å². The molecule has 0 amide bonds. The molecule has 0 aliphatic heterocycles. The van der Waals surface area contributed by atoms with Crippen molar-refractivity contribution in [1.29, 1.82) is 0 Å². The van der Waals surface area contributed by atoms with Gasteiger partial charge in [-0.25, -0.2) is 4.98 Å². The molecule has 21 heavy (non-hydrogen) atoms. The minimum absolute atomic E-state index is 0.0641. The largest absolute Gasteiger partial charge is 0.434 e. The van der Waals surface area contributed by atoms with Gasteiger partial charge >= 0.3 is 5.56 Å². The van der Waals surface area contributed by atoms with Crippen LogP contribution in [0.4, 0.5) is 5.69 Å². The van der Waals surface area contributed by atoms with Crippen molar-refractivity contribution in [3.63, 3.8) is 0 Å². The fraction of sp³-hybridized carbons (Fsp3) is 0.125. The molecule has 3 aromatic rings. The number of benzene rings is 2. The topological polar surface area (TPSA) is 70.1 Å². The van der Waals surface area contributed by atoms with Crippen LogP contribution in [-0.4, -0.2) is 9.55 Å². The van der Waals surface area contributed by atoms with Crippen molar-refractivity contribution in [2.75, 3.05) is 5.73 Å². The van der Waals surface area contributed by atoms with E-state index in [0.29, 0.717) is 18.0 Å². The molecule has 0 aliphatic carbocycles. The second-order valence-electron chi connectivity index (χ2n) is 4.62. The summed E-state index contributed by atoms with van der Waals surface area (Å²) in [6.07, 6.45) is 3.19. The zero-order valence-corrected chi connectivity index (χ0v) is 11.6. The number of aromatic nitrogens is 2. The standard InChI is InChI=1S/C16H15N3O2/c1-2-19-10-9-18-15(16(19)20)21-14-8-7-13(17)11-5-3-4-6-12(11)14/h3-10H,2,17H2,1H3. The molecular weight excluding hydrogens is 266 g/mol. The van der Waals surface area contributed by atoms with E-state index in [1.165, 1.54) is 0 Å². The van der Waals surface area contributed by atoms with Crippen LogP contribution in [0, 0.1) is 0 Å².